The van der Waals surface area contributed by atoms with Crippen LogP contribution in [0.1, 0.15) is 35.4 Å². The molecule has 210 valence electrons. The monoisotopic (exact) mass is 545 g/mol. The van der Waals surface area contributed by atoms with Crippen LogP contribution >= 0.6 is 0 Å². The number of benzene rings is 3. The first-order chi connectivity index (χ1) is 19.3. The number of guanidine groups is 1. The van der Waals surface area contributed by atoms with E-state index in [9.17, 15) is 19.5 Å². The average Bonchev–Trinajstić information content (AvgIpc) is 2.96. The molecule has 40 heavy (non-hydrogen) atoms. The van der Waals surface area contributed by atoms with Crippen LogP contribution in [0.25, 0.3) is 0 Å². The number of rotatable bonds is 14. The van der Waals surface area contributed by atoms with E-state index in [1.807, 2.05) is 24.3 Å². The first-order valence-electron chi connectivity index (χ1n) is 12.9. The Morgan fingerprint density at radius 1 is 0.925 bits per heavy atom. The number of carbonyl (C=O) groups is 3. The summed E-state index contributed by atoms with van der Waals surface area (Å²) in [5.41, 5.74) is 7.55. The van der Waals surface area contributed by atoms with Gasteiger partial charge in [-0.1, -0.05) is 72.8 Å². The number of imide groups is 1. The van der Waals surface area contributed by atoms with Gasteiger partial charge in [0.1, 0.15) is 12.3 Å². The van der Waals surface area contributed by atoms with Crippen LogP contribution in [0, 0.1) is 5.41 Å². The van der Waals surface area contributed by atoms with E-state index in [0.29, 0.717) is 36.4 Å². The molecule has 0 aliphatic rings. The van der Waals surface area contributed by atoms with E-state index in [0.717, 1.165) is 10.5 Å². The van der Waals surface area contributed by atoms with E-state index < -0.39 is 36.3 Å². The molecule has 0 bridgehead atoms. The molecule has 3 aromatic rings. The predicted molar refractivity (Wildman–Crippen MR) is 152 cm³/mol. The first-order valence-corrected chi connectivity index (χ1v) is 12.9. The SMILES string of the molecule is COc1ccc(CN[C@@H](CCCNC(=N)N)C(=O)N(CC(=O)O)C(=O)C(c2ccccc2)c2ccccc2)cc1. The number of methoxy groups -OCH3 is 1. The van der Waals surface area contributed by atoms with Gasteiger partial charge in [0.15, 0.2) is 5.96 Å². The third-order valence-corrected chi connectivity index (χ3v) is 6.33. The number of hydrogen-bond donors (Lipinski definition) is 5. The van der Waals surface area contributed by atoms with E-state index in [1.165, 1.54) is 0 Å². The van der Waals surface area contributed by atoms with Gasteiger partial charge in [0.05, 0.1) is 19.1 Å². The molecule has 0 saturated carbocycles. The van der Waals surface area contributed by atoms with Gasteiger partial charge in [0, 0.05) is 13.1 Å². The van der Waals surface area contributed by atoms with Gasteiger partial charge in [-0.05, 0) is 41.7 Å². The van der Waals surface area contributed by atoms with E-state index in [4.69, 9.17) is 15.9 Å². The molecule has 0 radical (unpaired) electrons. The van der Waals surface area contributed by atoms with Crippen LogP contribution < -0.4 is 21.1 Å². The fourth-order valence-corrected chi connectivity index (χ4v) is 4.34. The number of carboxylic acids is 1. The van der Waals surface area contributed by atoms with Crippen LogP contribution in [0.15, 0.2) is 84.9 Å². The number of amides is 2. The van der Waals surface area contributed by atoms with Gasteiger partial charge in [-0.3, -0.25) is 24.7 Å². The summed E-state index contributed by atoms with van der Waals surface area (Å²) in [5.74, 6) is -2.92. The molecule has 0 fully saturated rings. The molecule has 6 N–H and O–H groups in total. The second kappa shape index (κ2) is 15.0. The fourth-order valence-electron chi connectivity index (χ4n) is 4.34. The molecular weight excluding hydrogens is 510 g/mol. The first kappa shape index (κ1) is 29.9. The second-order valence-corrected chi connectivity index (χ2v) is 9.17. The van der Waals surface area contributed by atoms with Crippen LogP contribution in [-0.2, 0) is 20.9 Å². The number of nitrogens with one attached hydrogen (secondary N) is 3. The second-order valence-electron chi connectivity index (χ2n) is 9.17. The van der Waals surface area contributed by atoms with Crippen LogP contribution in [0.2, 0.25) is 0 Å². The number of aliphatic carboxylic acids is 1. The summed E-state index contributed by atoms with van der Waals surface area (Å²) in [7, 11) is 1.57. The third-order valence-electron chi connectivity index (χ3n) is 6.33. The van der Waals surface area contributed by atoms with Crippen LogP contribution in [0.3, 0.4) is 0 Å². The van der Waals surface area contributed by atoms with E-state index in [-0.39, 0.29) is 12.4 Å². The van der Waals surface area contributed by atoms with Crippen LogP contribution in [0.5, 0.6) is 5.75 Å². The van der Waals surface area contributed by atoms with Crippen LogP contribution in [0.4, 0.5) is 0 Å². The molecule has 3 aromatic carbocycles. The summed E-state index contributed by atoms with van der Waals surface area (Å²) in [6, 6.07) is 24.4. The minimum absolute atomic E-state index is 0.190. The molecule has 3 rings (SSSR count). The summed E-state index contributed by atoms with van der Waals surface area (Å²) >= 11 is 0. The number of hydrogen-bond acceptors (Lipinski definition) is 6. The molecule has 0 aliphatic carbocycles. The van der Waals surface area contributed by atoms with Gasteiger partial charge in [-0.2, -0.15) is 0 Å². The Morgan fingerprint density at radius 2 is 1.50 bits per heavy atom. The molecule has 0 spiro atoms. The van der Waals surface area contributed by atoms with E-state index in [2.05, 4.69) is 10.6 Å². The molecule has 0 saturated heterocycles. The van der Waals surface area contributed by atoms with Crippen molar-refractivity contribution >= 4 is 23.7 Å². The molecule has 10 nitrogen and oxygen atoms in total. The largest absolute Gasteiger partial charge is 0.497 e. The maximum Gasteiger partial charge on any atom is 0.323 e. The Hall–Kier alpha value is -4.70. The van der Waals surface area contributed by atoms with Gasteiger partial charge >= 0.3 is 5.97 Å². The molecule has 0 aliphatic heterocycles. The molecule has 0 aromatic heterocycles. The van der Waals surface area contributed by atoms with Crippen molar-refractivity contribution in [2.45, 2.75) is 31.3 Å². The Kier molecular flexibility index (Phi) is 11.2. The van der Waals surface area contributed by atoms with Crippen molar-refractivity contribution in [3.63, 3.8) is 0 Å². The highest BCUT2D eigenvalue weighted by Crippen LogP contribution is 2.27. The summed E-state index contributed by atoms with van der Waals surface area (Å²) < 4.78 is 5.20. The molecule has 2 amide bonds. The topological polar surface area (TPSA) is 158 Å². The summed E-state index contributed by atoms with van der Waals surface area (Å²) in [5, 5.41) is 23.0. The van der Waals surface area contributed by atoms with Gasteiger partial charge in [-0.15, -0.1) is 0 Å². The zero-order valence-electron chi connectivity index (χ0n) is 22.4. The Balaban J connectivity index is 1.91. The highest BCUT2D eigenvalue weighted by atomic mass is 16.5. The average molecular weight is 546 g/mol. The Bertz CT molecular complexity index is 1230. The normalized spacial score (nSPS) is 11.4. The number of nitrogens with two attached hydrogens (primary N) is 1. The van der Waals surface area contributed by atoms with Crippen molar-refractivity contribution in [2.75, 3.05) is 20.2 Å². The maximum atomic E-state index is 14.0. The van der Waals surface area contributed by atoms with Gasteiger partial charge in [0.2, 0.25) is 11.8 Å². The summed E-state index contributed by atoms with van der Waals surface area (Å²) in [4.78, 5) is 40.7. The molecular formula is C30H35N5O5. The van der Waals surface area contributed by atoms with Gasteiger partial charge in [-0.25, -0.2) is 0 Å². The van der Waals surface area contributed by atoms with Crippen molar-refractivity contribution < 1.29 is 24.2 Å². The molecule has 1 atom stereocenters. The standard InChI is InChI=1S/C30H35N5O5/c1-40-24-16-14-21(15-17-24)19-34-25(13-8-18-33-30(31)32)28(38)35(20-26(36)37)29(39)27(22-9-4-2-5-10-22)23-11-6-3-7-12-23/h2-7,9-12,14-17,25,27,34H,8,13,18-20H2,1H3,(H,36,37)(H4,31,32,33)/t25-/m0/s1. The van der Waals surface area contributed by atoms with Crippen molar-refractivity contribution in [3.8, 4) is 5.75 Å². The zero-order chi connectivity index (χ0) is 28.9. The van der Waals surface area contributed by atoms with Crippen molar-refractivity contribution in [3.05, 3.63) is 102 Å². The van der Waals surface area contributed by atoms with Crippen LogP contribution in [-0.4, -0.2) is 60.0 Å². The highest BCUT2D eigenvalue weighted by molar-refractivity contribution is 6.04. The lowest BCUT2D eigenvalue weighted by atomic mass is 9.89. The molecule has 10 heteroatoms. The zero-order valence-corrected chi connectivity index (χ0v) is 22.4. The Labute approximate surface area is 233 Å². The van der Waals surface area contributed by atoms with Crippen molar-refractivity contribution in [1.29, 1.82) is 5.41 Å². The smallest absolute Gasteiger partial charge is 0.323 e. The molecule has 0 unspecified atom stereocenters. The maximum absolute atomic E-state index is 14.0. The number of carboxylic acid groups (broad SMARTS) is 1. The number of ether oxygens (including phenoxy) is 1. The Morgan fingerprint density at radius 3 is 2.00 bits per heavy atom. The molecule has 0 heterocycles. The minimum atomic E-state index is -1.30. The quantitative estimate of drug-likeness (QED) is 0.118. The predicted octanol–water partition coefficient (Wildman–Crippen LogP) is 2.69. The lowest BCUT2D eigenvalue weighted by Gasteiger charge is -2.29. The van der Waals surface area contributed by atoms with Crippen molar-refractivity contribution in [1.82, 2.24) is 15.5 Å². The van der Waals surface area contributed by atoms with Gasteiger partial charge < -0.3 is 26.2 Å². The highest BCUT2D eigenvalue weighted by Gasteiger charge is 2.35. The summed E-state index contributed by atoms with van der Waals surface area (Å²) in [6.45, 7) is -0.135. The van der Waals surface area contributed by atoms with Crippen molar-refractivity contribution in [2.24, 2.45) is 5.73 Å². The fraction of sp³-hybridized carbons (Fsp3) is 0.267. The lowest BCUT2D eigenvalue weighted by Crippen LogP contribution is -2.52. The third kappa shape index (κ3) is 8.67. The lowest BCUT2D eigenvalue weighted by molar-refractivity contribution is -0.154. The summed E-state index contributed by atoms with van der Waals surface area (Å²) in [6.07, 6.45) is 0.724. The van der Waals surface area contributed by atoms with Gasteiger partial charge in [0.25, 0.3) is 0 Å². The number of nitrogens with zero attached hydrogens (tertiary/aromatic N) is 1. The van der Waals surface area contributed by atoms with E-state index in [1.54, 1.807) is 67.8 Å². The number of carbonyl (C=O) groups excluding carboxylic acids is 2. The van der Waals surface area contributed by atoms with E-state index >= 15 is 0 Å². The minimum Gasteiger partial charge on any atom is -0.497 e.